The standard InChI is InChI=1S/C24H25ClN2O2/c1-17(18-8-12-21(25)13-9-18)26-16-23(28)27-24(19-6-4-3-5-7-19)20-10-14-22(29-2)15-11-20/h3-15,17,24,26H,16H2,1-2H3,(H,27,28)/t17-,24+/m1/s1. The lowest BCUT2D eigenvalue weighted by molar-refractivity contribution is -0.120. The Kier molecular flexibility index (Phi) is 7.28. The van der Waals surface area contributed by atoms with Crippen molar-refractivity contribution >= 4 is 17.5 Å². The summed E-state index contributed by atoms with van der Waals surface area (Å²) in [5.74, 6) is 0.709. The van der Waals surface area contributed by atoms with E-state index in [1.54, 1.807) is 7.11 Å². The lowest BCUT2D eigenvalue weighted by Gasteiger charge is -2.21. The molecule has 2 atom stereocenters. The van der Waals surface area contributed by atoms with E-state index in [0.29, 0.717) is 5.02 Å². The molecule has 150 valence electrons. The first-order chi connectivity index (χ1) is 14.1. The van der Waals surface area contributed by atoms with Gasteiger partial charge in [0.1, 0.15) is 5.75 Å². The van der Waals surface area contributed by atoms with Gasteiger partial charge in [-0.25, -0.2) is 0 Å². The summed E-state index contributed by atoms with van der Waals surface area (Å²) in [5, 5.41) is 7.11. The van der Waals surface area contributed by atoms with E-state index in [1.165, 1.54) is 0 Å². The van der Waals surface area contributed by atoms with Crippen LogP contribution in [-0.2, 0) is 4.79 Å². The Morgan fingerprint density at radius 1 is 0.897 bits per heavy atom. The molecule has 0 aliphatic heterocycles. The number of hydrogen-bond acceptors (Lipinski definition) is 3. The van der Waals surface area contributed by atoms with Crippen LogP contribution in [0.25, 0.3) is 0 Å². The van der Waals surface area contributed by atoms with Gasteiger partial charge in [-0.1, -0.05) is 66.2 Å². The molecule has 0 heterocycles. The molecule has 0 aliphatic rings. The number of rotatable bonds is 8. The van der Waals surface area contributed by atoms with Crippen molar-refractivity contribution in [3.8, 4) is 5.75 Å². The van der Waals surface area contributed by atoms with Crippen molar-refractivity contribution in [2.75, 3.05) is 13.7 Å². The van der Waals surface area contributed by atoms with Crippen molar-refractivity contribution in [1.29, 1.82) is 0 Å². The van der Waals surface area contributed by atoms with E-state index in [9.17, 15) is 4.79 Å². The molecule has 0 bridgehead atoms. The number of carbonyl (C=O) groups excluding carboxylic acids is 1. The van der Waals surface area contributed by atoms with E-state index in [-0.39, 0.29) is 24.5 Å². The first-order valence-electron chi connectivity index (χ1n) is 9.54. The van der Waals surface area contributed by atoms with Crippen molar-refractivity contribution in [2.24, 2.45) is 0 Å². The molecule has 0 radical (unpaired) electrons. The first kappa shape index (κ1) is 20.9. The van der Waals surface area contributed by atoms with Crippen molar-refractivity contribution in [1.82, 2.24) is 10.6 Å². The van der Waals surface area contributed by atoms with Gasteiger partial charge in [0.05, 0.1) is 19.7 Å². The van der Waals surface area contributed by atoms with Gasteiger partial charge >= 0.3 is 0 Å². The second-order valence-corrected chi connectivity index (χ2v) is 7.27. The third-order valence-corrected chi connectivity index (χ3v) is 5.08. The number of amides is 1. The molecule has 4 nitrogen and oxygen atoms in total. The molecule has 2 N–H and O–H groups in total. The molecule has 0 saturated heterocycles. The molecule has 0 fully saturated rings. The predicted molar refractivity (Wildman–Crippen MR) is 117 cm³/mol. The average molecular weight is 409 g/mol. The SMILES string of the molecule is COc1ccc([C@@H](NC(=O)CN[C@H](C)c2ccc(Cl)cc2)c2ccccc2)cc1. The Morgan fingerprint density at radius 2 is 1.48 bits per heavy atom. The minimum atomic E-state index is -0.234. The summed E-state index contributed by atoms with van der Waals surface area (Å²) in [7, 11) is 1.64. The smallest absolute Gasteiger partial charge is 0.234 e. The van der Waals surface area contributed by atoms with Crippen LogP contribution in [0.5, 0.6) is 5.75 Å². The molecule has 29 heavy (non-hydrogen) atoms. The summed E-state index contributed by atoms with van der Waals surface area (Å²) >= 11 is 5.94. The number of methoxy groups -OCH3 is 1. The van der Waals surface area contributed by atoms with Crippen LogP contribution in [0.2, 0.25) is 5.02 Å². The Labute approximate surface area is 176 Å². The maximum Gasteiger partial charge on any atom is 0.234 e. The zero-order chi connectivity index (χ0) is 20.6. The Balaban J connectivity index is 1.68. The third kappa shape index (κ3) is 5.83. The average Bonchev–Trinajstić information content (AvgIpc) is 2.77. The van der Waals surface area contributed by atoms with Gasteiger partial charge in [-0.05, 0) is 47.9 Å². The topological polar surface area (TPSA) is 50.4 Å². The summed E-state index contributed by atoms with van der Waals surface area (Å²) < 4.78 is 5.24. The maximum absolute atomic E-state index is 12.7. The molecule has 3 rings (SSSR count). The molecule has 0 saturated carbocycles. The van der Waals surface area contributed by atoms with Crippen LogP contribution >= 0.6 is 11.6 Å². The van der Waals surface area contributed by atoms with Gasteiger partial charge in [0.15, 0.2) is 0 Å². The highest BCUT2D eigenvalue weighted by Crippen LogP contribution is 2.24. The molecule has 0 aliphatic carbocycles. The maximum atomic E-state index is 12.7. The minimum absolute atomic E-state index is 0.0363. The number of carbonyl (C=O) groups is 1. The number of ether oxygens (including phenoxy) is 1. The highest BCUT2D eigenvalue weighted by molar-refractivity contribution is 6.30. The van der Waals surface area contributed by atoms with E-state index in [0.717, 1.165) is 22.4 Å². The monoisotopic (exact) mass is 408 g/mol. The number of nitrogens with one attached hydrogen (secondary N) is 2. The van der Waals surface area contributed by atoms with Gasteiger partial charge in [0.2, 0.25) is 5.91 Å². The summed E-state index contributed by atoms with van der Waals surface area (Å²) in [6, 6.07) is 25.1. The Bertz CT molecular complexity index is 912. The molecule has 3 aromatic carbocycles. The molecule has 0 aromatic heterocycles. The molecule has 3 aromatic rings. The molecule has 0 spiro atoms. The highest BCUT2D eigenvalue weighted by Gasteiger charge is 2.17. The summed E-state index contributed by atoms with van der Waals surface area (Å²) in [6.45, 7) is 2.23. The number of halogens is 1. The van der Waals surface area contributed by atoms with Gasteiger partial charge in [0.25, 0.3) is 0 Å². The normalized spacial score (nSPS) is 12.8. The Hall–Kier alpha value is -2.82. The lowest BCUT2D eigenvalue weighted by atomic mass is 9.98. The van der Waals surface area contributed by atoms with Crippen molar-refractivity contribution in [3.63, 3.8) is 0 Å². The summed E-state index contributed by atoms with van der Waals surface area (Å²) in [6.07, 6.45) is 0. The van der Waals surface area contributed by atoms with Crippen LogP contribution in [0, 0.1) is 0 Å². The van der Waals surface area contributed by atoms with Crippen LogP contribution in [-0.4, -0.2) is 19.6 Å². The molecule has 5 heteroatoms. The fourth-order valence-electron chi connectivity index (χ4n) is 3.13. The van der Waals surface area contributed by atoms with Crippen molar-refractivity contribution < 1.29 is 9.53 Å². The molecule has 1 amide bonds. The molecular formula is C24H25ClN2O2. The van der Waals surface area contributed by atoms with Gasteiger partial charge in [-0.3, -0.25) is 4.79 Å². The van der Waals surface area contributed by atoms with E-state index in [2.05, 4.69) is 10.6 Å². The molecular weight excluding hydrogens is 384 g/mol. The van der Waals surface area contributed by atoms with Crippen LogP contribution in [0.4, 0.5) is 0 Å². The van der Waals surface area contributed by atoms with E-state index in [1.807, 2.05) is 85.8 Å². The lowest BCUT2D eigenvalue weighted by Crippen LogP contribution is -2.37. The quantitative estimate of drug-likeness (QED) is 0.557. The zero-order valence-corrected chi connectivity index (χ0v) is 17.3. The fourth-order valence-corrected chi connectivity index (χ4v) is 3.25. The molecule has 0 unspecified atom stereocenters. The van der Waals surface area contributed by atoms with E-state index in [4.69, 9.17) is 16.3 Å². The van der Waals surface area contributed by atoms with Gasteiger partial charge in [-0.2, -0.15) is 0 Å². The van der Waals surface area contributed by atoms with Crippen LogP contribution in [0.1, 0.15) is 35.7 Å². The first-order valence-corrected chi connectivity index (χ1v) is 9.91. The minimum Gasteiger partial charge on any atom is -0.497 e. The van der Waals surface area contributed by atoms with Crippen molar-refractivity contribution in [3.05, 3.63) is 101 Å². The van der Waals surface area contributed by atoms with Crippen LogP contribution in [0.3, 0.4) is 0 Å². The third-order valence-electron chi connectivity index (χ3n) is 4.83. The second-order valence-electron chi connectivity index (χ2n) is 6.84. The summed E-state index contributed by atoms with van der Waals surface area (Å²) in [4.78, 5) is 12.7. The Morgan fingerprint density at radius 3 is 2.10 bits per heavy atom. The largest absolute Gasteiger partial charge is 0.497 e. The number of hydrogen-bond donors (Lipinski definition) is 2. The predicted octanol–water partition coefficient (Wildman–Crippen LogP) is 4.91. The fraction of sp³-hybridized carbons (Fsp3) is 0.208. The van der Waals surface area contributed by atoms with Crippen molar-refractivity contribution in [2.45, 2.75) is 19.0 Å². The van der Waals surface area contributed by atoms with Gasteiger partial charge in [-0.15, -0.1) is 0 Å². The second kappa shape index (κ2) is 10.1. The summed E-state index contributed by atoms with van der Waals surface area (Å²) in [5.41, 5.74) is 3.10. The number of benzene rings is 3. The van der Waals surface area contributed by atoms with Crippen LogP contribution < -0.4 is 15.4 Å². The van der Waals surface area contributed by atoms with E-state index >= 15 is 0 Å². The van der Waals surface area contributed by atoms with Gasteiger partial charge in [0, 0.05) is 11.1 Å². The van der Waals surface area contributed by atoms with Gasteiger partial charge < -0.3 is 15.4 Å². The van der Waals surface area contributed by atoms with Crippen LogP contribution in [0.15, 0.2) is 78.9 Å². The zero-order valence-electron chi connectivity index (χ0n) is 16.6. The van der Waals surface area contributed by atoms with E-state index < -0.39 is 0 Å². The highest BCUT2D eigenvalue weighted by atomic mass is 35.5.